The molecule has 0 spiro atoms. The zero-order valence-electron chi connectivity index (χ0n) is 16.6. The maximum Gasteiger partial charge on any atom is 0.337 e. The Balaban J connectivity index is 1.51. The first-order valence-electron chi connectivity index (χ1n) is 9.50. The predicted molar refractivity (Wildman–Crippen MR) is 119 cm³/mol. The molecule has 0 aliphatic rings. The zero-order chi connectivity index (χ0) is 22.5. The molecule has 156 valence electrons. The lowest BCUT2D eigenvalue weighted by Crippen LogP contribution is -2.19. The maximum atomic E-state index is 12.1. The van der Waals surface area contributed by atoms with E-state index in [0.717, 1.165) is 0 Å². The van der Waals surface area contributed by atoms with Gasteiger partial charge in [-0.3, -0.25) is 4.98 Å². The summed E-state index contributed by atoms with van der Waals surface area (Å²) < 4.78 is 5.92. The van der Waals surface area contributed by atoms with E-state index in [2.05, 4.69) is 15.6 Å². The number of carbonyl (C=O) groups is 2. The highest BCUT2D eigenvalue weighted by Crippen LogP contribution is 2.31. The lowest BCUT2D eigenvalue weighted by Gasteiger charge is -2.11. The standard InChI is InChI=1S/C24H16N4O4/c25-14-15-12-20-21(13-19(15)23(29)30)26-11-10-22(20)32-18-8-6-17(7-9-18)28-24(31)27-16-4-2-1-3-5-16/h1-13H,(H,29,30)(H2,27,28,31). The largest absolute Gasteiger partial charge is 0.478 e. The van der Waals surface area contributed by atoms with Crippen LogP contribution in [0.2, 0.25) is 0 Å². The van der Waals surface area contributed by atoms with Crippen molar-refractivity contribution in [3.8, 4) is 17.6 Å². The van der Waals surface area contributed by atoms with Gasteiger partial charge in [0.1, 0.15) is 17.6 Å². The highest BCUT2D eigenvalue weighted by molar-refractivity contribution is 6.00. The molecule has 4 aromatic rings. The molecule has 8 heteroatoms. The fraction of sp³-hybridized carbons (Fsp3) is 0. The van der Waals surface area contributed by atoms with E-state index in [1.165, 1.54) is 18.3 Å². The molecule has 0 saturated heterocycles. The molecule has 0 saturated carbocycles. The Kier molecular flexibility index (Phi) is 5.64. The average Bonchev–Trinajstić information content (AvgIpc) is 2.80. The van der Waals surface area contributed by atoms with Gasteiger partial charge in [0, 0.05) is 23.0 Å². The van der Waals surface area contributed by atoms with Crippen LogP contribution in [-0.4, -0.2) is 22.1 Å². The van der Waals surface area contributed by atoms with Crippen LogP contribution in [-0.2, 0) is 0 Å². The number of aromatic nitrogens is 1. The number of amides is 2. The molecule has 0 radical (unpaired) electrons. The van der Waals surface area contributed by atoms with Crippen molar-refractivity contribution in [2.75, 3.05) is 10.6 Å². The summed E-state index contributed by atoms with van der Waals surface area (Å²) in [5, 5.41) is 24.6. The zero-order valence-corrected chi connectivity index (χ0v) is 16.6. The van der Waals surface area contributed by atoms with E-state index in [9.17, 15) is 20.0 Å². The first-order valence-corrected chi connectivity index (χ1v) is 9.50. The summed E-state index contributed by atoms with van der Waals surface area (Å²) in [5.41, 5.74) is 1.55. The number of anilines is 2. The number of para-hydroxylation sites is 1. The molecule has 0 bridgehead atoms. The van der Waals surface area contributed by atoms with Crippen molar-refractivity contribution in [1.29, 1.82) is 5.26 Å². The van der Waals surface area contributed by atoms with Gasteiger partial charge in [-0.25, -0.2) is 9.59 Å². The summed E-state index contributed by atoms with van der Waals surface area (Å²) in [6, 6.07) is 21.8. The van der Waals surface area contributed by atoms with Crippen LogP contribution in [0.5, 0.6) is 11.5 Å². The molecule has 4 rings (SSSR count). The average molecular weight is 424 g/mol. The van der Waals surface area contributed by atoms with Crippen LogP contribution in [0.15, 0.2) is 79.0 Å². The molecule has 8 nitrogen and oxygen atoms in total. The first kappa shape index (κ1) is 20.4. The van der Waals surface area contributed by atoms with Crippen molar-refractivity contribution in [3.63, 3.8) is 0 Å². The van der Waals surface area contributed by atoms with E-state index < -0.39 is 5.97 Å². The van der Waals surface area contributed by atoms with Crippen LogP contribution in [0, 0.1) is 11.3 Å². The molecule has 0 aliphatic heterocycles. The number of carboxylic acid groups (broad SMARTS) is 1. The van der Waals surface area contributed by atoms with Crippen LogP contribution in [0.25, 0.3) is 10.9 Å². The molecule has 3 aromatic carbocycles. The smallest absolute Gasteiger partial charge is 0.337 e. The summed E-state index contributed by atoms with van der Waals surface area (Å²) in [4.78, 5) is 27.7. The van der Waals surface area contributed by atoms with Gasteiger partial charge in [-0.15, -0.1) is 0 Å². The van der Waals surface area contributed by atoms with Crippen molar-refractivity contribution >= 4 is 34.3 Å². The van der Waals surface area contributed by atoms with Crippen LogP contribution in [0.1, 0.15) is 15.9 Å². The third-order valence-corrected chi connectivity index (χ3v) is 4.56. The number of nitrogens with zero attached hydrogens (tertiary/aromatic N) is 2. The Bertz CT molecular complexity index is 1350. The SMILES string of the molecule is N#Cc1cc2c(Oc3ccc(NC(=O)Nc4ccccc4)cc3)ccnc2cc1C(=O)O. The minimum absolute atomic E-state index is 0.0202. The van der Waals surface area contributed by atoms with Crippen molar-refractivity contribution in [2.24, 2.45) is 0 Å². The first-order chi connectivity index (χ1) is 15.5. The van der Waals surface area contributed by atoms with Crippen molar-refractivity contribution in [2.45, 2.75) is 0 Å². The summed E-state index contributed by atoms with van der Waals surface area (Å²) in [6.07, 6.45) is 1.50. The predicted octanol–water partition coefficient (Wildman–Crippen LogP) is 5.24. The molecule has 0 fully saturated rings. The van der Waals surface area contributed by atoms with E-state index >= 15 is 0 Å². The van der Waals surface area contributed by atoms with Crippen LogP contribution in [0.3, 0.4) is 0 Å². The summed E-state index contributed by atoms with van der Waals surface area (Å²) in [6.45, 7) is 0. The number of ether oxygens (including phenoxy) is 1. The number of hydrogen-bond acceptors (Lipinski definition) is 5. The van der Waals surface area contributed by atoms with E-state index in [1.807, 2.05) is 24.3 Å². The van der Waals surface area contributed by atoms with Gasteiger partial charge >= 0.3 is 12.0 Å². The summed E-state index contributed by atoms with van der Waals surface area (Å²) in [7, 11) is 0. The third-order valence-electron chi connectivity index (χ3n) is 4.56. The molecule has 3 N–H and O–H groups in total. The second-order valence-electron chi connectivity index (χ2n) is 6.71. The number of pyridine rings is 1. The fourth-order valence-corrected chi connectivity index (χ4v) is 3.07. The van der Waals surface area contributed by atoms with Gasteiger partial charge in [0.25, 0.3) is 0 Å². The van der Waals surface area contributed by atoms with Crippen molar-refractivity contribution < 1.29 is 19.4 Å². The normalized spacial score (nSPS) is 10.2. The second kappa shape index (κ2) is 8.85. The van der Waals surface area contributed by atoms with Crippen molar-refractivity contribution in [3.05, 3.63) is 90.1 Å². The number of nitriles is 1. The Morgan fingerprint density at radius 2 is 1.62 bits per heavy atom. The molecule has 2 amide bonds. The van der Waals surface area contributed by atoms with Gasteiger partial charge in [0.15, 0.2) is 0 Å². The van der Waals surface area contributed by atoms with E-state index in [1.54, 1.807) is 42.5 Å². The highest BCUT2D eigenvalue weighted by atomic mass is 16.5. The minimum Gasteiger partial charge on any atom is -0.478 e. The number of fused-ring (bicyclic) bond motifs is 1. The number of hydrogen-bond donors (Lipinski definition) is 3. The minimum atomic E-state index is -1.20. The van der Waals surface area contributed by atoms with Gasteiger partial charge in [-0.05, 0) is 54.6 Å². The quantitative estimate of drug-likeness (QED) is 0.402. The Morgan fingerprint density at radius 1 is 0.938 bits per heavy atom. The Morgan fingerprint density at radius 3 is 2.28 bits per heavy atom. The van der Waals surface area contributed by atoms with Gasteiger partial charge in [0.2, 0.25) is 0 Å². The fourth-order valence-electron chi connectivity index (χ4n) is 3.07. The molecule has 32 heavy (non-hydrogen) atoms. The van der Waals surface area contributed by atoms with Crippen LogP contribution < -0.4 is 15.4 Å². The molecule has 1 aromatic heterocycles. The highest BCUT2D eigenvalue weighted by Gasteiger charge is 2.15. The topological polar surface area (TPSA) is 124 Å². The summed E-state index contributed by atoms with van der Waals surface area (Å²) in [5.74, 6) is -0.283. The third kappa shape index (κ3) is 4.47. The Labute approximate surface area is 182 Å². The number of nitrogens with one attached hydrogen (secondary N) is 2. The van der Waals surface area contributed by atoms with Gasteiger partial charge < -0.3 is 20.5 Å². The van der Waals surface area contributed by atoms with Gasteiger partial charge in [-0.1, -0.05) is 18.2 Å². The number of aromatic carboxylic acids is 1. The molecular formula is C24H16N4O4. The lowest BCUT2D eigenvalue weighted by atomic mass is 10.0. The van der Waals surface area contributed by atoms with E-state index in [0.29, 0.717) is 33.8 Å². The monoisotopic (exact) mass is 424 g/mol. The van der Waals surface area contributed by atoms with E-state index in [4.69, 9.17) is 4.74 Å². The Hall–Kier alpha value is -4.90. The number of carboxylic acids is 1. The van der Waals surface area contributed by atoms with Crippen LogP contribution >= 0.6 is 0 Å². The van der Waals surface area contributed by atoms with Crippen LogP contribution in [0.4, 0.5) is 16.2 Å². The molecule has 1 heterocycles. The second-order valence-corrected chi connectivity index (χ2v) is 6.71. The number of urea groups is 1. The van der Waals surface area contributed by atoms with Gasteiger partial charge in [-0.2, -0.15) is 5.26 Å². The molecule has 0 atom stereocenters. The molecule has 0 aliphatic carbocycles. The van der Waals surface area contributed by atoms with Gasteiger partial charge in [0.05, 0.1) is 16.6 Å². The number of rotatable bonds is 5. The number of carbonyl (C=O) groups excluding carboxylic acids is 1. The molecular weight excluding hydrogens is 408 g/mol. The summed E-state index contributed by atoms with van der Waals surface area (Å²) >= 11 is 0. The number of benzene rings is 3. The van der Waals surface area contributed by atoms with Crippen molar-refractivity contribution in [1.82, 2.24) is 4.98 Å². The van der Waals surface area contributed by atoms with E-state index in [-0.39, 0.29) is 17.2 Å². The molecule has 0 unspecified atom stereocenters. The maximum absolute atomic E-state index is 12.1. The lowest BCUT2D eigenvalue weighted by molar-refractivity contribution is 0.0696.